The van der Waals surface area contributed by atoms with Gasteiger partial charge >= 0.3 is 5.97 Å². The number of benzene rings is 1. The molecule has 1 fully saturated rings. The average Bonchev–Trinajstić information content (AvgIpc) is 3.58. The third kappa shape index (κ3) is 12.2. The number of esters is 1. The molecule has 1 aromatic rings. The van der Waals surface area contributed by atoms with Crippen molar-refractivity contribution in [3.8, 4) is 0 Å². The number of nitrogens with zero attached hydrogens (tertiary/aromatic N) is 3. The first kappa shape index (κ1) is 45.1. The zero-order valence-corrected chi connectivity index (χ0v) is 33.8. The molecule has 2 N–H and O–H groups in total. The van der Waals surface area contributed by atoms with Crippen LogP contribution in [0.25, 0.3) is 0 Å². The van der Waals surface area contributed by atoms with E-state index < -0.39 is 48.3 Å². The summed E-state index contributed by atoms with van der Waals surface area (Å²) in [6.45, 7) is 14.0. The van der Waals surface area contributed by atoms with Crippen molar-refractivity contribution in [1.29, 1.82) is 0 Å². The number of hydrogen-bond donors (Lipinski definition) is 2. The minimum atomic E-state index is -0.847. The lowest BCUT2D eigenvalue weighted by Crippen LogP contribution is -2.59. The van der Waals surface area contributed by atoms with E-state index in [2.05, 4.69) is 5.32 Å². The van der Waals surface area contributed by atoms with Gasteiger partial charge in [0.25, 0.3) is 0 Å². The van der Waals surface area contributed by atoms with Gasteiger partial charge in [-0.1, -0.05) is 78.3 Å². The minimum absolute atomic E-state index is 0.0199. The predicted octanol–water partition coefficient (Wildman–Crippen LogP) is 3.78. The first-order valence-corrected chi connectivity index (χ1v) is 19.0. The van der Waals surface area contributed by atoms with Crippen LogP contribution in [-0.2, 0) is 39.8 Å². The van der Waals surface area contributed by atoms with Crippen LogP contribution in [0.2, 0.25) is 0 Å². The molecule has 1 aliphatic heterocycles. The van der Waals surface area contributed by atoms with Crippen LogP contribution in [0.5, 0.6) is 0 Å². The number of carbonyl (C=O) groups is 4. The molecular weight excluding hydrogens is 664 g/mol. The lowest BCUT2D eigenvalue weighted by molar-refractivity contribution is -0.159. The van der Waals surface area contributed by atoms with Crippen LogP contribution in [0.15, 0.2) is 30.3 Å². The molecule has 0 radical (unpaired) electrons. The highest BCUT2D eigenvalue weighted by Gasteiger charge is 2.43. The number of aliphatic hydroxyl groups is 1. The Morgan fingerprint density at radius 3 is 2.12 bits per heavy atom. The highest BCUT2D eigenvalue weighted by atomic mass is 16.5. The number of nitrogens with one attached hydrogen (secondary N) is 1. The summed E-state index contributed by atoms with van der Waals surface area (Å²) in [5.41, 5.74) is 0.945. The van der Waals surface area contributed by atoms with Crippen LogP contribution < -0.4 is 5.32 Å². The maximum Gasteiger partial charge on any atom is 0.311 e. The van der Waals surface area contributed by atoms with Gasteiger partial charge in [0.15, 0.2) is 0 Å². The Kier molecular flexibility index (Phi) is 18.7. The average molecular weight is 733 g/mol. The van der Waals surface area contributed by atoms with E-state index in [0.717, 1.165) is 18.4 Å². The molecule has 1 aromatic carbocycles. The molecule has 0 bridgehead atoms. The van der Waals surface area contributed by atoms with Crippen molar-refractivity contribution in [2.24, 2.45) is 23.7 Å². The highest BCUT2D eigenvalue weighted by Crippen LogP contribution is 2.30. The van der Waals surface area contributed by atoms with Gasteiger partial charge in [-0.25, -0.2) is 0 Å². The molecule has 2 rings (SSSR count). The number of methoxy groups -OCH3 is 2. The lowest BCUT2D eigenvalue weighted by atomic mass is 9.89. The van der Waals surface area contributed by atoms with E-state index in [1.165, 1.54) is 7.11 Å². The molecule has 0 aliphatic carbocycles. The standard InChI is InChI=1S/C40H68N4O8/c1-13-27(6)36(43(10)39(48)34(25(2)3)41-38(47)35(26(4)5)42(8)9)32(50-11)23-33(46)44-21-17-20-31(44)37(51-12)28(7)40(49)52-24-30(45)22-29-18-15-14-16-19-29/h14-16,18-19,25-28,30-32,34-37,45H,13,17,20-24H2,1-12H3,(H,41,47)/t27-,28+,30-,31-,32+,34-,35-,36-,37+/m0/s1. The van der Waals surface area contributed by atoms with Gasteiger partial charge in [0.05, 0.1) is 48.8 Å². The molecule has 12 heteroatoms. The molecule has 0 unspecified atom stereocenters. The van der Waals surface area contributed by atoms with E-state index >= 15 is 0 Å². The number of likely N-dealkylation sites (tertiary alicyclic amines) is 1. The summed E-state index contributed by atoms with van der Waals surface area (Å²) in [7, 11) is 8.53. The molecule has 1 heterocycles. The van der Waals surface area contributed by atoms with Crippen LogP contribution in [0, 0.1) is 23.7 Å². The zero-order chi connectivity index (χ0) is 39.3. The monoisotopic (exact) mass is 733 g/mol. The van der Waals surface area contributed by atoms with Crippen molar-refractivity contribution in [2.45, 2.75) is 123 Å². The quantitative estimate of drug-likeness (QED) is 0.181. The van der Waals surface area contributed by atoms with Gasteiger partial charge in [-0.05, 0) is 57.2 Å². The van der Waals surface area contributed by atoms with Gasteiger partial charge < -0.3 is 34.4 Å². The Labute approximate surface area is 312 Å². The van der Waals surface area contributed by atoms with Gasteiger partial charge in [-0.2, -0.15) is 0 Å². The third-order valence-electron chi connectivity index (χ3n) is 10.6. The second-order valence-corrected chi connectivity index (χ2v) is 15.4. The Hall–Kier alpha value is -3.06. The number of amides is 3. The third-order valence-corrected chi connectivity index (χ3v) is 10.6. The van der Waals surface area contributed by atoms with Gasteiger partial charge in [-0.3, -0.25) is 24.1 Å². The molecule has 12 nitrogen and oxygen atoms in total. The smallest absolute Gasteiger partial charge is 0.311 e. The summed E-state index contributed by atoms with van der Waals surface area (Å²) < 4.78 is 17.4. The number of rotatable bonds is 21. The molecule has 0 aromatic heterocycles. The van der Waals surface area contributed by atoms with Crippen molar-refractivity contribution in [3.63, 3.8) is 0 Å². The van der Waals surface area contributed by atoms with E-state index in [0.29, 0.717) is 19.4 Å². The number of aliphatic hydroxyl groups excluding tert-OH is 1. The normalized spacial score (nSPS) is 19.5. The van der Waals surface area contributed by atoms with Gasteiger partial charge in [0.2, 0.25) is 17.7 Å². The summed E-state index contributed by atoms with van der Waals surface area (Å²) in [6, 6.07) is 7.54. The van der Waals surface area contributed by atoms with E-state index in [-0.39, 0.29) is 54.5 Å². The summed E-state index contributed by atoms with van der Waals surface area (Å²) in [6.07, 6.45) is 0.442. The van der Waals surface area contributed by atoms with E-state index in [1.54, 1.807) is 30.9 Å². The molecular formula is C40H68N4O8. The molecule has 0 spiro atoms. The van der Waals surface area contributed by atoms with Crippen molar-refractivity contribution < 1.29 is 38.5 Å². The Morgan fingerprint density at radius 1 is 0.962 bits per heavy atom. The van der Waals surface area contributed by atoms with Crippen molar-refractivity contribution in [3.05, 3.63) is 35.9 Å². The van der Waals surface area contributed by atoms with Gasteiger partial charge in [-0.15, -0.1) is 0 Å². The van der Waals surface area contributed by atoms with Crippen LogP contribution >= 0.6 is 0 Å². The SMILES string of the molecule is CC[C@H](C)[C@@H]([C@@H](CC(=O)N1CCC[C@H]1[C@H](OC)[C@@H](C)C(=O)OC[C@@H](O)Cc1ccccc1)OC)N(C)C(=O)[C@@H](NC(=O)[C@H](C(C)C)N(C)C)C(C)C. The van der Waals surface area contributed by atoms with Gasteiger partial charge in [0.1, 0.15) is 12.6 Å². The molecule has 296 valence electrons. The summed E-state index contributed by atoms with van der Waals surface area (Å²) in [5, 5.41) is 13.5. The first-order chi connectivity index (χ1) is 24.5. The molecule has 3 amide bonds. The second-order valence-electron chi connectivity index (χ2n) is 15.4. The van der Waals surface area contributed by atoms with Crippen LogP contribution in [0.4, 0.5) is 0 Å². The summed E-state index contributed by atoms with van der Waals surface area (Å²) >= 11 is 0. The highest BCUT2D eigenvalue weighted by molar-refractivity contribution is 5.90. The fraction of sp³-hybridized carbons (Fsp3) is 0.750. The maximum atomic E-state index is 14.2. The number of likely N-dealkylation sites (N-methyl/N-ethyl adjacent to an activating group) is 2. The van der Waals surface area contributed by atoms with Crippen molar-refractivity contribution in [1.82, 2.24) is 20.0 Å². The fourth-order valence-corrected chi connectivity index (χ4v) is 7.65. The second kappa shape index (κ2) is 21.6. The Morgan fingerprint density at radius 2 is 1.60 bits per heavy atom. The number of carbonyl (C=O) groups excluding carboxylic acids is 4. The summed E-state index contributed by atoms with van der Waals surface area (Å²) in [5.74, 6) is -1.91. The van der Waals surface area contributed by atoms with E-state index in [4.69, 9.17) is 14.2 Å². The fourth-order valence-electron chi connectivity index (χ4n) is 7.65. The van der Waals surface area contributed by atoms with Gasteiger partial charge in [0, 0.05) is 34.2 Å². The molecule has 9 atom stereocenters. The lowest BCUT2D eigenvalue weighted by Gasteiger charge is -2.41. The van der Waals surface area contributed by atoms with E-state index in [1.807, 2.05) is 90.9 Å². The molecule has 52 heavy (non-hydrogen) atoms. The largest absolute Gasteiger partial charge is 0.463 e. The summed E-state index contributed by atoms with van der Waals surface area (Å²) in [4.78, 5) is 60.1. The zero-order valence-electron chi connectivity index (χ0n) is 33.8. The Bertz CT molecular complexity index is 1250. The van der Waals surface area contributed by atoms with Crippen LogP contribution in [-0.4, -0.2) is 134 Å². The first-order valence-electron chi connectivity index (χ1n) is 19.0. The molecule has 1 aliphatic rings. The predicted molar refractivity (Wildman–Crippen MR) is 202 cm³/mol. The Balaban J connectivity index is 2.20. The number of hydrogen-bond acceptors (Lipinski definition) is 9. The molecule has 0 saturated carbocycles. The van der Waals surface area contributed by atoms with Crippen LogP contribution in [0.1, 0.15) is 79.7 Å². The number of ether oxygens (including phenoxy) is 3. The molecule has 1 saturated heterocycles. The maximum absolute atomic E-state index is 14.2. The van der Waals surface area contributed by atoms with E-state index in [9.17, 15) is 24.3 Å². The minimum Gasteiger partial charge on any atom is -0.463 e. The topological polar surface area (TPSA) is 138 Å². The van der Waals surface area contributed by atoms with Crippen LogP contribution in [0.3, 0.4) is 0 Å². The van der Waals surface area contributed by atoms with Crippen molar-refractivity contribution in [2.75, 3.05) is 48.5 Å². The van der Waals surface area contributed by atoms with Crippen molar-refractivity contribution >= 4 is 23.7 Å².